The van der Waals surface area contributed by atoms with Gasteiger partial charge in [0, 0.05) is 23.4 Å². The van der Waals surface area contributed by atoms with E-state index in [9.17, 15) is 24.3 Å². The lowest BCUT2D eigenvalue weighted by atomic mass is 9.89. The summed E-state index contributed by atoms with van der Waals surface area (Å²) in [5.74, 6) is -2.09. The zero-order valence-electron chi connectivity index (χ0n) is 16.9. The molecule has 0 bridgehead atoms. The SMILES string of the molecule is NC(=O)Cn1nnnc1SCC1(C(=O)O)CS[C@@H]2C(NC(=O)Cc3csc(N)n3)C(=O)N2C1. The van der Waals surface area contributed by atoms with E-state index in [2.05, 4.69) is 25.8 Å². The summed E-state index contributed by atoms with van der Waals surface area (Å²) in [4.78, 5) is 53.8. The van der Waals surface area contributed by atoms with Gasteiger partial charge in [-0.05, 0) is 10.4 Å². The fourth-order valence-electron chi connectivity index (χ4n) is 3.45. The number of aliphatic carboxylic acids is 1. The average molecular weight is 514 g/mol. The molecule has 0 radical (unpaired) electrons. The summed E-state index contributed by atoms with van der Waals surface area (Å²) in [5.41, 5.74) is 10.0. The number of fused-ring (bicyclic) bond motifs is 1. The number of carbonyl (C=O) groups excluding carboxylic acids is 3. The molecular weight excluding hydrogens is 494 g/mol. The quantitative estimate of drug-likeness (QED) is 0.212. The number of hydrogen-bond acceptors (Lipinski definition) is 12. The fourth-order valence-corrected chi connectivity index (χ4v) is 6.75. The number of nitrogens with one attached hydrogen (secondary N) is 1. The highest BCUT2D eigenvalue weighted by molar-refractivity contribution is 8.00. The molecule has 2 aromatic rings. The molecule has 2 fully saturated rings. The zero-order valence-corrected chi connectivity index (χ0v) is 19.4. The van der Waals surface area contributed by atoms with Gasteiger partial charge < -0.3 is 26.8 Å². The number of hydrogen-bond donors (Lipinski definition) is 4. The number of anilines is 1. The van der Waals surface area contributed by atoms with E-state index in [0.29, 0.717) is 10.8 Å². The first-order chi connectivity index (χ1) is 15.7. The Labute approximate surface area is 198 Å². The summed E-state index contributed by atoms with van der Waals surface area (Å²) in [7, 11) is 0. The Morgan fingerprint density at radius 2 is 2.18 bits per heavy atom. The van der Waals surface area contributed by atoms with Gasteiger partial charge >= 0.3 is 5.97 Å². The van der Waals surface area contributed by atoms with E-state index in [-0.39, 0.29) is 53.4 Å². The molecule has 0 aliphatic carbocycles. The van der Waals surface area contributed by atoms with E-state index < -0.39 is 23.3 Å². The monoisotopic (exact) mass is 513 g/mol. The van der Waals surface area contributed by atoms with Gasteiger partial charge in [0.1, 0.15) is 23.4 Å². The second-order valence-electron chi connectivity index (χ2n) is 7.53. The third kappa shape index (κ3) is 4.74. The number of carboxylic acid groups (broad SMARTS) is 1. The maximum Gasteiger partial charge on any atom is 0.313 e. The van der Waals surface area contributed by atoms with Gasteiger partial charge in [0.25, 0.3) is 0 Å². The van der Waals surface area contributed by atoms with Crippen LogP contribution in [0.2, 0.25) is 0 Å². The molecule has 0 aromatic carbocycles. The zero-order chi connectivity index (χ0) is 23.8. The van der Waals surface area contributed by atoms with Crippen LogP contribution in [0.1, 0.15) is 5.69 Å². The first-order valence-corrected chi connectivity index (χ1v) is 12.4. The number of carbonyl (C=O) groups is 4. The lowest BCUT2D eigenvalue weighted by molar-refractivity contribution is -0.157. The van der Waals surface area contributed by atoms with Crippen LogP contribution >= 0.6 is 34.9 Å². The van der Waals surface area contributed by atoms with E-state index in [1.807, 2.05) is 0 Å². The Hall–Kier alpha value is -2.92. The summed E-state index contributed by atoms with van der Waals surface area (Å²) >= 11 is 3.59. The van der Waals surface area contributed by atoms with Crippen LogP contribution in [0.5, 0.6) is 0 Å². The summed E-state index contributed by atoms with van der Waals surface area (Å²) in [5, 5.41) is 25.6. The van der Waals surface area contributed by atoms with Crippen LogP contribution < -0.4 is 16.8 Å². The molecule has 2 unspecified atom stereocenters. The number of tetrazole rings is 1. The topological polar surface area (TPSA) is 212 Å². The molecule has 2 aromatic heterocycles. The van der Waals surface area contributed by atoms with Crippen LogP contribution in [0.3, 0.4) is 0 Å². The van der Waals surface area contributed by atoms with Crippen molar-refractivity contribution < 1.29 is 24.3 Å². The van der Waals surface area contributed by atoms with Crippen molar-refractivity contribution in [3.05, 3.63) is 11.1 Å². The van der Waals surface area contributed by atoms with Gasteiger partial charge in [-0.25, -0.2) is 9.67 Å². The standard InChI is InChI=1S/C16H19N9O5S3/c17-8(26)2-25-15(21-22-23-25)33-6-16(13(29)30)4-24-11(28)10(12(24)32-5-16)20-9(27)1-7-3-31-14(18)19-7/h3,10,12H,1-2,4-6H2,(H2,17,26)(H2,18,19)(H,20,27)(H,29,30)/t10?,12-,16?/m1/s1. The molecule has 2 saturated heterocycles. The number of nitrogens with zero attached hydrogens (tertiary/aromatic N) is 6. The van der Waals surface area contributed by atoms with E-state index in [4.69, 9.17) is 11.5 Å². The number of thiazole rings is 1. The van der Waals surface area contributed by atoms with Crippen LogP contribution in [0.4, 0.5) is 5.13 Å². The molecule has 0 saturated carbocycles. The van der Waals surface area contributed by atoms with E-state index >= 15 is 0 Å². The Morgan fingerprint density at radius 1 is 1.39 bits per heavy atom. The van der Waals surface area contributed by atoms with Crippen LogP contribution in [-0.2, 0) is 32.1 Å². The molecule has 3 atom stereocenters. The summed E-state index contributed by atoms with van der Waals surface area (Å²) < 4.78 is 1.19. The minimum atomic E-state index is -1.25. The number of carboxylic acids is 1. The molecule has 17 heteroatoms. The first-order valence-electron chi connectivity index (χ1n) is 9.50. The first kappa shape index (κ1) is 23.2. The summed E-state index contributed by atoms with van der Waals surface area (Å²) in [6.45, 7) is -0.246. The maximum absolute atomic E-state index is 12.7. The van der Waals surface area contributed by atoms with Gasteiger partial charge in [0.05, 0.1) is 12.1 Å². The van der Waals surface area contributed by atoms with Crippen molar-refractivity contribution in [2.45, 2.75) is 29.5 Å². The van der Waals surface area contributed by atoms with Crippen molar-refractivity contribution in [2.75, 3.05) is 23.8 Å². The maximum atomic E-state index is 12.7. The Bertz CT molecular complexity index is 1110. The second-order valence-corrected chi connectivity index (χ2v) is 10.5. The van der Waals surface area contributed by atoms with Gasteiger partial charge in [0.15, 0.2) is 5.13 Å². The molecule has 2 aliphatic heterocycles. The molecule has 14 nitrogen and oxygen atoms in total. The lowest BCUT2D eigenvalue weighted by Gasteiger charge is -2.53. The number of amides is 3. The van der Waals surface area contributed by atoms with Gasteiger partial charge in [-0.15, -0.1) is 28.2 Å². The minimum Gasteiger partial charge on any atom is -0.481 e. The predicted molar refractivity (Wildman–Crippen MR) is 118 cm³/mol. The minimum absolute atomic E-state index is 0.00455. The molecule has 4 heterocycles. The van der Waals surface area contributed by atoms with Crippen molar-refractivity contribution in [1.29, 1.82) is 0 Å². The number of primary amides is 1. The van der Waals surface area contributed by atoms with Crippen molar-refractivity contribution >= 4 is 63.7 Å². The van der Waals surface area contributed by atoms with Crippen LogP contribution in [-0.4, -0.2) is 88.4 Å². The second kappa shape index (κ2) is 9.14. The summed E-state index contributed by atoms with van der Waals surface area (Å²) in [6.07, 6.45) is 0.00455. The molecule has 2 aliphatic rings. The lowest BCUT2D eigenvalue weighted by Crippen LogP contribution is -2.74. The number of aromatic nitrogens is 5. The third-order valence-electron chi connectivity index (χ3n) is 5.11. The molecule has 6 N–H and O–H groups in total. The van der Waals surface area contributed by atoms with Crippen molar-refractivity contribution in [2.24, 2.45) is 11.1 Å². The fraction of sp³-hybridized carbons (Fsp3) is 0.500. The third-order valence-corrected chi connectivity index (χ3v) is 8.67. The number of β-lactam (4-membered cyclic amide) rings is 1. The van der Waals surface area contributed by atoms with Gasteiger partial charge in [-0.3, -0.25) is 19.2 Å². The van der Waals surface area contributed by atoms with Crippen LogP contribution in [0, 0.1) is 5.41 Å². The van der Waals surface area contributed by atoms with Crippen LogP contribution in [0.15, 0.2) is 10.5 Å². The Balaban J connectivity index is 1.37. The molecule has 176 valence electrons. The molecule has 3 amide bonds. The highest BCUT2D eigenvalue weighted by Gasteiger charge is 2.57. The largest absolute Gasteiger partial charge is 0.481 e. The van der Waals surface area contributed by atoms with E-state index in [1.54, 1.807) is 5.38 Å². The Kier molecular flexibility index (Phi) is 6.44. The predicted octanol–water partition coefficient (Wildman–Crippen LogP) is -2.00. The highest BCUT2D eigenvalue weighted by Crippen LogP contribution is 2.44. The van der Waals surface area contributed by atoms with Gasteiger partial charge in [0.2, 0.25) is 22.9 Å². The van der Waals surface area contributed by atoms with Crippen molar-refractivity contribution in [3.8, 4) is 0 Å². The number of nitrogens with two attached hydrogens (primary N) is 2. The molecule has 33 heavy (non-hydrogen) atoms. The number of rotatable bonds is 9. The Morgan fingerprint density at radius 3 is 2.85 bits per heavy atom. The van der Waals surface area contributed by atoms with Gasteiger partial charge in [-0.1, -0.05) is 11.8 Å². The summed E-state index contributed by atoms with van der Waals surface area (Å²) in [6, 6.07) is -0.721. The smallest absolute Gasteiger partial charge is 0.313 e. The normalized spacial score (nSPS) is 24.1. The van der Waals surface area contributed by atoms with E-state index in [1.165, 1.54) is 32.7 Å². The molecule has 0 spiro atoms. The van der Waals surface area contributed by atoms with E-state index in [0.717, 1.165) is 11.8 Å². The van der Waals surface area contributed by atoms with Gasteiger partial charge in [-0.2, -0.15) is 0 Å². The van der Waals surface area contributed by atoms with Crippen LogP contribution in [0.25, 0.3) is 0 Å². The molecule has 4 rings (SSSR count). The van der Waals surface area contributed by atoms with Crippen molar-refractivity contribution in [3.63, 3.8) is 0 Å². The number of nitrogen functional groups attached to an aromatic ring is 1. The number of thioether (sulfide) groups is 2. The average Bonchev–Trinajstić information content (AvgIpc) is 3.37. The highest BCUT2D eigenvalue weighted by atomic mass is 32.2. The molecular formula is C16H19N9O5S3. The van der Waals surface area contributed by atoms with Crippen molar-refractivity contribution in [1.82, 2.24) is 35.4 Å².